The quantitative estimate of drug-likeness (QED) is 0.178. The van der Waals surface area contributed by atoms with Gasteiger partial charge in [0.15, 0.2) is 12.2 Å². The van der Waals surface area contributed by atoms with Gasteiger partial charge in [-0.1, -0.05) is 75.6 Å². The van der Waals surface area contributed by atoms with Crippen molar-refractivity contribution in [3.8, 4) is 23.0 Å². The van der Waals surface area contributed by atoms with Gasteiger partial charge in [0.2, 0.25) is 0 Å². The van der Waals surface area contributed by atoms with E-state index in [0.717, 1.165) is 51.4 Å². The van der Waals surface area contributed by atoms with Crippen LogP contribution in [0.3, 0.4) is 0 Å². The molecule has 2 aromatic rings. The summed E-state index contributed by atoms with van der Waals surface area (Å²) < 4.78 is 17.1. The van der Waals surface area contributed by atoms with Crippen molar-refractivity contribution in [2.75, 3.05) is 0 Å². The summed E-state index contributed by atoms with van der Waals surface area (Å²) in [6, 6.07) is 9.42. The summed E-state index contributed by atoms with van der Waals surface area (Å²) in [7, 11) is 0. The standard InChI is InChI=1S/C28H36Cl2O7/c1-3-5-7-9-11-25(27(31)32)36-23-15-13-19(17-21(23)29)35-20-14-16-24(22(30)18-20)37-26(28(33)34)12-10-8-6-4-2/h13-18,25-26H,3-12H2,1-2H3,(H,31,32)(H,33,34). The Bertz CT molecular complexity index is 933. The molecule has 0 fully saturated rings. The molecule has 2 unspecified atom stereocenters. The molecule has 0 saturated heterocycles. The fourth-order valence-corrected chi connectivity index (χ4v) is 4.13. The summed E-state index contributed by atoms with van der Waals surface area (Å²) in [5.41, 5.74) is 0. The first-order valence-electron chi connectivity index (χ1n) is 12.8. The number of unbranched alkanes of at least 4 members (excludes halogenated alkanes) is 6. The molecule has 7 nitrogen and oxygen atoms in total. The fourth-order valence-electron chi connectivity index (χ4n) is 3.70. The Morgan fingerprint density at radius 2 is 1.11 bits per heavy atom. The number of aliphatic carboxylic acids is 2. The van der Waals surface area contributed by atoms with Gasteiger partial charge in [0, 0.05) is 12.1 Å². The van der Waals surface area contributed by atoms with Crippen LogP contribution in [0.5, 0.6) is 23.0 Å². The van der Waals surface area contributed by atoms with Crippen LogP contribution in [0.25, 0.3) is 0 Å². The van der Waals surface area contributed by atoms with E-state index < -0.39 is 24.1 Å². The lowest BCUT2D eigenvalue weighted by Crippen LogP contribution is -2.27. The van der Waals surface area contributed by atoms with Crippen molar-refractivity contribution in [3.63, 3.8) is 0 Å². The molecular weight excluding hydrogens is 519 g/mol. The van der Waals surface area contributed by atoms with Crippen LogP contribution in [-0.2, 0) is 9.59 Å². The molecule has 0 spiro atoms. The minimum Gasteiger partial charge on any atom is -0.479 e. The highest BCUT2D eigenvalue weighted by atomic mass is 35.5. The number of carbonyl (C=O) groups is 2. The van der Waals surface area contributed by atoms with E-state index in [0.29, 0.717) is 24.3 Å². The van der Waals surface area contributed by atoms with Gasteiger partial charge in [0.05, 0.1) is 10.0 Å². The molecular formula is C28H36Cl2O7. The number of carboxylic acid groups (broad SMARTS) is 2. The first-order chi connectivity index (χ1) is 17.7. The van der Waals surface area contributed by atoms with E-state index in [9.17, 15) is 19.8 Å². The van der Waals surface area contributed by atoms with Crippen LogP contribution in [0.4, 0.5) is 0 Å². The number of carboxylic acids is 2. The molecule has 2 atom stereocenters. The molecule has 37 heavy (non-hydrogen) atoms. The first kappa shape index (κ1) is 30.6. The summed E-state index contributed by atoms with van der Waals surface area (Å²) in [6.07, 6.45) is 6.50. The van der Waals surface area contributed by atoms with E-state index >= 15 is 0 Å². The van der Waals surface area contributed by atoms with E-state index in [-0.39, 0.29) is 21.5 Å². The SMILES string of the molecule is CCCCCCC(Oc1ccc(Oc2ccc(OC(CCCCCC)C(=O)O)c(Cl)c2)cc1Cl)C(=O)O. The third-order valence-electron chi connectivity index (χ3n) is 5.77. The molecule has 0 aliphatic rings. The fraction of sp³-hybridized carbons (Fsp3) is 0.500. The second-order valence-electron chi connectivity index (χ2n) is 8.87. The molecule has 9 heteroatoms. The average Bonchev–Trinajstić information content (AvgIpc) is 2.85. The van der Waals surface area contributed by atoms with Crippen LogP contribution in [0.2, 0.25) is 10.0 Å². The van der Waals surface area contributed by atoms with Crippen LogP contribution < -0.4 is 14.2 Å². The highest BCUT2D eigenvalue weighted by Gasteiger charge is 2.22. The molecule has 0 bridgehead atoms. The second kappa shape index (κ2) is 16.3. The van der Waals surface area contributed by atoms with Crippen LogP contribution in [0.15, 0.2) is 36.4 Å². The lowest BCUT2D eigenvalue weighted by molar-refractivity contribution is -0.146. The summed E-state index contributed by atoms with van der Waals surface area (Å²) in [4.78, 5) is 23.2. The topological polar surface area (TPSA) is 102 Å². The molecule has 2 N–H and O–H groups in total. The molecule has 2 rings (SSSR count). The average molecular weight is 555 g/mol. The van der Waals surface area contributed by atoms with Gasteiger partial charge in [0.25, 0.3) is 0 Å². The minimum atomic E-state index is -1.03. The van der Waals surface area contributed by atoms with Crippen molar-refractivity contribution >= 4 is 35.1 Å². The predicted molar refractivity (Wildman–Crippen MR) is 145 cm³/mol. The van der Waals surface area contributed by atoms with E-state index in [2.05, 4.69) is 13.8 Å². The normalized spacial score (nSPS) is 12.5. The molecule has 0 saturated carbocycles. The Balaban J connectivity index is 2.01. The second-order valence-corrected chi connectivity index (χ2v) is 9.69. The van der Waals surface area contributed by atoms with Crippen molar-refractivity contribution in [2.24, 2.45) is 0 Å². The van der Waals surface area contributed by atoms with Crippen molar-refractivity contribution in [3.05, 3.63) is 46.4 Å². The van der Waals surface area contributed by atoms with Gasteiger partial charge in [-0.05, 0) is 49.9 Å². The van der Waals surface area contributed by atoms with E-state index in [1.54, 1.807) is 24.3 Å². The molecule has 0 aliphatic carbocycles. The number of ether oxygens (including phenoxy) is 3. The molecule has 0 radical (unpaired) electrons. The van der Waals surface area contributed by atoms with Crippen molar-refractivity contribution in [1.29, 1.82) is 0 Å². The molecule has 0 aliphatic heterocycles. The van der Waals surface area contributed by atoms with Gasteiger partial charge in [-0.25, -0.2) is 9.59 Å². The van der Waals surface area contributed by atoms with Crippen molar-refractivity contribution < 1.29 is 34.0 Å². The Kier molecular flexibility index (Phi) is 13.4. The van der Waals surface area contributed by atoms with E-state index in [1.165, 1.54) is 12.1 Å². The third kappa shape index (κ3) is 10.7. The Morgan fingerprint density at radius 3 is 1.43 bits per heavy atom. The van der Waals surface area contributed by atoms with Crippen LogP contribution in [0.1, 0.15) is 78.1 Å². The summed E-state index contributed by atoms with van der Waals surface area (Å²) in [5.74, 6) is -0.742. The molecule has 0 amide bonds. The maximum Gasteiger partial charge on any atom is 0.344 e. The lowest BCUT2D eigenvalue weighted by Gasteiger charge is -2.17. The Morgan fingerprint density at radius 1 is 0.703 bits per heavy atom. The molecule has 204 valence electrons. The van der Waals surface area contributed by atoms with Gasteiger partial charge in [-0.15, -0.1) is 0 Å². The first-order valence-corrected chi connectivity index (χ1v) is 13.6. The number of benzene rings is 2. The summed E-state index contributed by atoms with van der Waals surface area (Å²) in [6.45, 7) is 4.19. The molecule has 0 aromatic heterocycles. The zero-order chi connectivity index (χ0) is 27.2. The molecule has 0 heterocycles. The Labute approximate surface area is 228 Å². The summed E-state index contributed by atoms with van der Waals surface area (Å²) >= 11 is 12.7. The maximum atomic E-state index is 11.6. The van der Waals surface area contributed by atoms with Crippen LogP contribution in [0, 0.1) is 0 Å². The predicted octanol–water partition coefficient (Wildman–Crippen LogP) is 8.39. The van der Waals surface area contributed by atoms with Gasteiger partial charge >= 0.3 is 11.9 Å². The van der Waals surface area contributed by atoms with Gasteiger partial charge in [-0.3, -0.25) is 0 Å². The van der Waals surface area contributed by atoms with Gasteiger partial charge in [0.1, 0.15) is 23.0 Å². The highest BCUT2D eigenvalue weighted by Crippen LogP contribution is 2.35. The van der Waals surface area contributed by atoms with Crippen molar-refractivity contribution in [1.82, 2.24) is 0 Å². The number of hydrogen-bond acceptors (Lipinski definition) is 5. The number of hydrogen-bond donors (Lipinski definition) is 2. The highest BCUT2D eigenvalue weighted by molar-refractivity contribution is 6.32. The zero-order valence-corrected chi connectivity index (χ0v) is 22.9. The smallest absolute Gasteiger partial charge is 0.344 e. The molecule has 2 aromatic carbocycles. The zero-order valence-electron chi connectivity index (χ0n) is 21.4. The van der Waals surface area contributed by atoms with E-state index in [1.807, 2.05) is 0 Å². The number of halogens is 2. The van der Waals surface area contributed by atoms with E-state index in [4.69, 9.17) is 37.4 Å². The van der Waals surface area contributed by atoms with Gasteiger partial charge in [-0.2, -0.15) is 0 Å². The largest absolute Gasteiger partial charge is 0.479 e. The van der Waals surface area contributed by atoms with Gasteiger partial charge < -0.3 is 24.4 Å². The minimum absolute atomic E-state index is 0.218. The van der Waals surface area contributed by atoms with Crippen molar-refractivity contribution in [2.45, 2.75) is 90.3 Å². The maximum absolute atomic E-state index is 11.6. The van der Waals surface area contributed by atoms with Crippen LogP contribution >= 0.6 is 23.2 Å². The monoisotopic (exact) mass is 554 g/mol. The third-order valence-corrected chi connectivity index (χ3v) is 6.36. The summed E-state index contributed by atoms with van der Waals surface area (Å²) in [5, 5.41) is 19.4. The Hall–Kier alpha value is -2.64. The number of rotatable bonds is 18. The lowest BCUT2D eigenvalue weighted by atomic mass is 10.1. The van der Waals surface area contributed by atoms with Crippen LogP contribution in [-0.4, -0.2) is 34.4 Å².